The monoisotopic (exact) mass is 422 g/mol. The summed E-state index contributed by atoms with van der Waals surface area (Å²) in [5.74, 6) is 6.75. The highest BCUT2D eigenvalue weighted by molar-refractivity contribution is 6.33. The average molecular weight is 423 g/mol. The van der Waals surface area contributed by atoms with Gasteiger partial charge in [-0.25, -0.2) is 9.97 Å². The van der Waals surface area contributed by atoms with Crippen molar-refractivity contribution in [3.63, 3.8) is 0 Å². The first-order valence-corrected chi connectivity index (χ1v) is 9.89. The summed E-state index contributed by atoms with van der Waals surface area (Å²) in [4.78, 5) is 14.6. The van der Waals surface area contributed by atoms with Crippen LogP contribution in [-0.2, 0) is 18.1 Å². The topological polar surface area (TPSA) is 93.1 Å². The molecule has 1 aliphatic heterocycles. The lowest BCUT2D eigenvalue weighted by molar-refractivity contribution is 0.117. The van der Waals surface area contributed by atoms with E-state index in [-0.39, 0.29) is 11.4 Å². The second-order valence-electron chi connectivity index (χ2n) is 8.35. The van der Waals surface area contributed by atoms with Crippen LogP contribution in [0.15, 0.2) is 36.9 Å². The van der Waals surface area contributed by atoms with Crippen LogP contribution in [-0.4, -0.2) is 31.2 Å². The number of nitrogen functional groups attached to an aromatic ring is 1. The lowest BCUT2D eigenvalue weighted by atomic mass is 9.86. The first-order valence-electron chi connectivity index (χ1n) is 9.51. The molecule has 0 radical (unpaired) electrons. The predicted octanol–water partition coefficient (Wildman–Crippen LogP) is 3.13. The minimum absolute atomic E-state index is 0.107. The second-order valence-corrected chi connectivity index (χ2v) is 8.76. The Morgan fingerprint density at radius 2 is 2.07 bits per heavy atom. The van der Waals surface area contributed by atoms with Gasteiger partial charge < -0.3 is 20.3 Å². The number of aliphatic hydroxyl groups is 1. The molecule has 1 aliphatic rings. The first-order chi connectivity index (χ1) is 14.1. The zero-order chi connectivity index (χ0) is 21.7. The highest BCUT2D eigenvalue weighted by atomic mass is 35.5. The molecule has 3 heterocycles. The molecule has 0 amide bonds. The standard InChI is InChI=1S/C22H23ClN6O/c1-21(2)12-29(19-16(23)10-25-20(24)27-19)17-9-14(5-6-15(17)21)7-8-22(3,30)18-11-28(4)13-26-18/h5-6,9-11,13,30H,12H2,1-4H3,(H2,24,25,27). The number of aryl methyl sites for hydroxylation is 1. The summed E-state index contributed by atoms with van der Waals surface area (Å²) in [5.41, 5.74) is 7.74. The summed E-state index contributed by atoms with van der Waals surface area (Å²) < 4.78 is 1.78. The van der Waals surface area contributed by atoms with Crippen molar-refractivity contribution < 1.29 is 5.11 Å². The van der Waals surface area contributed by atoms with Gasteiger partial charge in [-0.15, -0.1) is 0 Å². The van der Waals surface area contributed by atoms with Crippen LogP contribution >= 0.6 is 11.6 Å². The van der Waals surface area contributed by atoms with Crippen molar-refractivity contribution in [3.05, 3.63) is 58.8 Å². The van der Waals surface area contributed by atoms with Crippen LogP contribution in [0.5, 0.6) is 0 Å². The molecule has 2 aromatic heterocycles. The normalized spacial score (nSPS) is 16.5. The molecule has 4 rings (SSSR count). The van der Waals surface area contributed by atoms with E-state index in [1.54, 1.807) is 24.0 Å². The van der Waals surface area contributed by atoms with Crippen molar-refractivity contribution in [1.82, 2.24) is 19.5 Å². The number of halogens is 1. The molecular formula is C22H23ClN6O. The molecular weight excluding hydrogens is 400 g/mol. The van der Waals surface area contributed by atoms with Crippen molar-refractivity contribution in [2.75, 3.05) is 17.2 Å². The Kier molecular flexibility index (Phi) is 4.72. The van der Waals surface area contributed by atoms with Gasteiger partial charge in [0, 0.05) is 36.5 Å². The predicted molar refractivity (Wildman–Crippen MR) is 118 cm³/mol. The molecule has 7 nitrogen and oxygen atoms in total. The van der Waals surface area contributed by atoms with Crippen LogP contribution in [0.3, 0.4) is 0 Å². The highest BCUT2D eigenvalue weighted by Gasteiger charge is 2.37. The second kappa shape index (κ2) is 7.01. The van der Waals surface area contributed by atoms with E-state index in [9.17, 15) is 5.11 Å². The fraction of sp³-hybridized carbons (Fsp3) is 0.318. The van der Waals surface area contributed by atoms with Crippen LogP contribution in [0.25, 0.3) is 0 Å². The lowest BCUT2D eigenvalue weighted by Gasteiger charge is -2.22. The molecule has 8 heteroatoms. The highest BCUT2D eigenvalue weighted by Crippen LogP contribution is 2.45. The SMILES string of the molecule is Cn1cnc(C(C)(O)C#Cc2ccc3c(c2)N(c2nc(N)ncc2Cl)CC3(C)C)c1. The molecule has 1 atom stereocenters. The van der Waals surface area contributed by atoms with E-state index in [2.05, 4.69) is 46.7 Å². The van der Waals surface area contributed by atoms with Crippen LogP contribution < -0.4 is 10.6 Å². The fourth-order valence-electron chi connectivity index (χ4n) is 3.64. The number of hydrogen-bond donors (Lipinski definition) is 2. The Hall–Kier alpha value is -3.08. The fourth-order valence-corrected chi connectivity index (χ4v) is 3.84. The summed E-state index contributed by atoms with van der Waals surface area (Å²) >= 11 is 6.37. The van der Waals surface area contributed by atoms with Gasteiger partial charge in [-0.3, -0.25) is 0 Å². The summed E-state index contributed by atoms with van der Waals surface area (Å²) in [6.07, 6.45) is 4.90. The maximum absolute atomic E-state index is 10.7. The molecule has 0 aliphatic carbocycles. The minimum Gasteiger partial charge on any atom is -0.372 e. The number of benzene rings is 1. The summed E-state index contributed by atoms with van der Waals surface area (Å²) in [6.45, 7) is 6.67. The third-order valence-corrected chi connectivity index (χ3v) is 5.49. The number of nitrogens with two attached hydrogens (primary N) is 1. The van der Waals surface area contributed by atoms with Crippen LogP contribution in [0.1, 0.15) is 37.6 Å². The summed E-state index contributed by atoms with van der Waals surface area (Å²) in [6, 6.07) is 6.01. The number of nitrogens with zero attached hydrogens (tertiary/aromatic N) is 5. The zero-order valence-electron chi connectivity index (χ0n) is 17.3. The first kappa shape index (κ1) is 20.2. The van der Waals surface area contributed by atoms with E-state index in [1.807, 2.05) is 24.1 Å². The van der Waals surface area contributed by atoms with Crippen LogP contribution in [0.2, 0.25) is 5.02 Å². The molecule has 1 unspecified atom stereocenters. The Balaban J connectivity index is 1.75. The third-order valence-electron chi connectivity index (χ3n) is 5.22. The smallest absolute Gasteiger partial charge is 0.222 e. The summed E-state index contributed by atoms with van der Waals surface area (Å²) in [7, 11) is 1.85. The van der Waals surface area contributed by atoms with Gasteiger partial charge in [-0.2, -0.15) is 4.98 Å². The Bertz CT molecular complexity index is 1190. The largest absolute Gasteiger partial charge is 0.372 e. The molecule has 0 bridgehead atoms. The molecule has 0 saturated carbocycles. The number of imidazole rings is 1. The number of rotatable bonds is 2. The van der Waals surface area contributed by atoms with Crippen molar-refractivity contribution in [2.24, 2.45) is 7.05 Å². The quantitative estimate of drug-likeness (QED) is 0.616. The van der Waals surface area contributed by atoms with Crippen molar-refractivity contribution in [3.8, 4) is 11.8 Å². The maximum Gasteiger partial charge on any atom is 0.222 e. The molecule has 3 N–H and O–H groups in total. The van der Waals surface area contributed by atoms with Gasteiger partial charge >= 0.3 is 0 Å². The van der Waals surface area contributed by atoms with E-state index < -0.39 is 5.60 Å². The third kappa shape index (κ3) is 3.60. The molecule has 0 saturated heterocycles. The van der Waals surface area contributed by atoms with Gasteiger partial charge in [0.15, 0.2) is 11.4 Å². The van der Waals surface area contributed by atoms with Gasteiger partial charge in [0.25, 0.3) is 0 Å². The Morgan fingerprint density at radius 1 is 1.30 bits per heavy atom. The van der Waals surface area contributed by atoms with Crippen molar-refractivity contribution >= 4 is 29.1 Å². The molecule has 0 spiro atoms. The van der Waals surface area contributed by atoms with Crippen molar-refractivity contribution in [1.29, 1.82) is 0 Å². The number of hydrogen-bond acceptors (Lipinski definition) is 6. The summed E-state index contributed by atoms with van der Waals surface area (Å²) in [5, 5.41) is 11.2. The zero-order valence-corrected chi connectivity index (χ0v) is 18.1. The van der Waals surface area contributed by atoms with Gasteiger partial charge in [0.1, 0.15) is 10.7 Å². The number of anilines is 3. The molecule has 0 fully saturated rings. The molecule has 154 valence electrons. The molecule has 1 aromatic carbocycles. The van der Waals surface area contributed by atoms with Gasteiger partial charge in [0.2, 0.25) is 5.95 Å². The van der Waals surface area contributed by atoms with E-state index in [4.69, 9.17) is 17.3 Å². The van der Waals surface area contributed by atoms with E-state index >= 15 is 0 Å². The number of aromatic nitrogens is 4. The average Bonchev–Trinajstić information content (AvgIpc) is 3.24. The minimum atomic E-state index is -1.36. The Morgan fingerprint density at radius 3 is 2.77 bits per heavy atom. The lowest BCUT2D eigenvalue weighted by Crippen LogP contribution is -2.26. The van der Waals surface area contributed by atoms with Crippen LogP contribution in [0, 0.1) is 11.8 Å². The van der Waals surface area contributed by atoms with Gasteiger partial charge in [0.05, 0.1) is 12.5 Å². The Labute approximate surface area is 180 Å². The molecule has 3 aromatic rings. The van der Waals surface area contributed by atoms with Crippen LogP contribution in [0.4, 0.5) is 17.5 Å². The van der Waals surface area contributed by atoms with E-state index in [0.717, 1.165) is 16.8 Å². The van der Waals surface area contributed by atoms with Gasteiger partial charge in [-0.1, -0.05) is 43.4 Å². The maximum atomic E-state index is 10.7. The number of fused-ring (bicyclic) bond motifs is 1. The van der Waals surface area contributed by atoms with Crippen molar-refractivity contribution in [2.45, 2.75) is 31.8 Å². The van der Waals surface area contributed by atoms with E-state index in [1.165, 1.54) is 6.20 Å². The van der Waals surface area contributed by atoms with Gasteiger partial charge in [-0.05, 0) is 24.6 Å². The van der Waals surface area contributed by atoms with E-state index in [0.29, 0.717) is 23.1 Å². The molecule has 30 heavy (non-hydrogen) atoms.